The number of rotatable bonds is 1. The van der Waals surface area contributed by atoms with E-state index in [0.29, 0.717) is 25.5 Å². The summed E-state index contributed by atoms with van der Waals surface area (Å²) in [6.07, 6.45) is 4.35. The number of aromatic nitrogens is 2. The standard InChI is InChI=1S/C12H13ClN4O2/c13-11-14-5-8-9(15-11)16-12(3-4-19-6-12)10(18)17(8)7-1-2-7/h5,7H,1-4,6H2,(H,14,15,16). The van der Waals surface area contributed by atoms with Crippen LogP contribution < -0.4 is 10.2 Å². The number of ether oxygens (including phenoxy) is 1. The van der Waals surface area contributed by atoms with E-state index in [2.05, 4.69) is 15.3 Å². The SMILES string of the molecule is O=C1N(C2CC2)c2cnc(Cl)nc2NC12CCOC2. The molecule has 0 bridgehead atoms. The van der Waals surface area contributed by atoms with Gasteiger partial charge < -0.3 is 15.0 Å². The first-order valence-corrected chi connectivity index (χ1v) is 6.80. The summed E-state index contributed by atoms with van der Waals surface area (Å²) in [7, 11) is 0. The first-order valence-electron chi connectivity index (χ1n) is 6.42. The first-order chi connectivity index (χ1) is 9.20. The Labute approximate surface area is 115 Å². The molecule has 1 saturated carbocycles. The van der Waals surface area contributed by atoms with E-state index in [-0.39, 0.29) is 17.2 Å². The molecule has 1 aromatic rings. The fraction of sp³-hybridized carbons (Fsp3) is 0.583. The Morgan fingerprint density at radius 2 is 2.37 bits per heavy atom. The summed E-state index contributed by atoms with van der Waals surface area (Å²) in [6.45, 7) is 0.974. The zero-order chi connectivity index (χ0) is 13.0. The van der Waals surface area contributed by atoms with E-state index in [0.717, 1.165) is 18.5 Å². The van der Waals surface area contributed by atoms with Gasteiger partial charge in [-0.1, -0.05) is 0 Å². The van der Waals surface area contributed by atoms with Gasteiger partial charge in [0.15, 0.2) is 5.82 Å². The van der Waals surface area contributed by atoms with Crippen LogP contribution in [0.25, 0.3) is 0 Å². The fourth-order valence-corrected chi connectivity index (χ4v) is 2.90. The third-order valence-corrected chi connectivity index (χ3v) is 4.10. The predicted molar refractivity (Wildman–Crippen MR) is 69.3 cm³/mol. The molecule has 3 heterocycles. The maximum absolute atomic E-state index is 12.8. The summed E-state index contributed by atoms with van der Waals surface area (Å²) in [6, 6.07) is 0.274. The lowest BCUT2D eigenvalue weighted by Crippen LogP contribution is -2.59. The second-order valence-corrected chi connectivity index (χ2v) is 5.63. The van der Waals surface area contributed by atoms with Crippen molar-refractivity contribution in [2.24, 2.45) is 0 Å². The van der Waals surface area contributed by atoms with Gasteiger partial charge in [-0.3, -0.25) is 4.79 Å². The Kier molecular flexibility index (Phi) is 2.29. The summed E-state index contributed by atoms with van der Waals surface area (Å²) >= 11 is 5.85. The monoisotopic (exact) mass is 280 g/mol. The molecule has 7 heteroatoms. The van der Waals surface area contributed by atoms with Crippen molar-refractivity contribution >= 4 is 29.0 Å². The van der Waals surface area contributed by atoms with Gasteiger partial charge in [-0.15, -0.1) is 0 Å². The molecular formula is C12H13ClN4O2. The molecule has 2 aliphatic heterocycles. The molecule has 1 aliphatic carbocycles. The van der Waals surface area contributed by atoms with E-state index in [1.165, 1.54) is 0 Å². The lowest BCUT2D eigenvalue weighted by molar-refractivity contribution is -0.123. The number of nitrogens with one attached hydrogen (secondary N) is 1. The van der Waals surface area contributed by atoms with Crippen molar-refractivity contribution in [3.05, 3.63) is 11.5 Å². The van der Waals surface area contributed by atoms with E-state index >= 15 is 0 Å². The summed E-state index contributed by atoms with van der Waals surface area (Å²) in [5, 5.41) is 3.41. The number of anilines is 2. The minimum atomic E-state index is -0.673. The Balaban J connectivity index is 1.84. The van der Waals surface area contributed by atoms with Crippen molar-refractivity contribution < 1.29 is 9.53 Å². The van der Waals surface area contributed by atoms with Crippen LogP contribution in [0.1, 0.15) is 19.3 Å². The number of carbonyl (C=O) groups is 1. The number of carbonyl (C=O) groups excluding carboxylic acids is 1. The van der Waals surface area contributed by atoms with E-state index < -0.39 is 5.54 Å². The molecule has 2 fully saturated rings. The largest absolute Gasteiger partial charge is 0.378 e. The van der Waals surface area contributed by atoms with Crippen molar-refractivity contribution in [2.45, 2.75) is 30.8 Å². The van der Waals surface area contributed by atoms with E-state index in [9.17, 15) is 4.79 Å². The fourth-order valence-electron chi connectivity index (χ4n) is 2.77. The van der Waals surface area contributed by atoms with Crippen LogP contribution in [-0.4, -0.2) is 40.7 Å². The maximum Gasteiger partial charge on any atom is 0.255 e. The lowest BCUT2D eigenvalue weighted by atomic mass is 9.94. The van der Waals surface area contributed by atoms with Crippen LogP contribution in [0.15, 0.2) is 6.20 Å². The van der Waals surface area contributed by atoms with E-state index in [4.69, 9.17) is 16.3 Å². The van der Waals surface area contributed by atoms with Gasteiger partial charge in [0.05, 0.1) is 12.8 Å². The second kappa shape index (κ2) is 3.80. The van der Waals surface area contributed by atoms with Crippen molar-refractivity contribution in [1.29, 1.82) is 0 Å². The van der Waals surface area contributed by atoms with Gasteiger partial charge in [-0.05, 0) is 24.4 Å². The van der Waals surface area contributed by atoms with Crippen molar-refractivity contribution in [3.8, 4) is 0 Å². The Morgan fingerprint density at radius 3 is 3.05 bits per heavy atom. The molecule has 1 N–H and O–H groups in total. The average molecular weight is 281 g/mol. The highest BCUT2D eigenvalue weighted by atomic mass is 35.5. The van der Waals surface area contributed by atoms with E-state index in [1.807, 2.05) is 4.90 Å². The minimum Gasteiger partial charge on any atom is -0.378 e. The van der Waals surface area contributed by atoms with Crippen LogP contribution >= 0.6 is 11.6 Å². The molecule has 19 heavy (non-hydrogen) atoms. The number of fused-ring (bicyclic) bond motifs is 1. The second-order valence-electron chi connectivity index (χ2n) is 5.29. The zero-order valence-electron chi connectivity index (χ0n) is 10.2. The molecule has 1 unspecified atom stereocenters. The predicted octanol–water partition coefficient (Wildman–Crippen LogP) is 1.21. The topological polar surface area (TPSA) is 67.4 Å². The highest BCUT2D eigenvalue weighted by Gasteiger charge is 2.52. The molecule has 0 radical (unpaired) electrons. The normalized spacial score (nSPS) is 29.5. The third kappa shape index (κ3) is 1.63. The van der Waals surface area contributed by atoms with Gasteiger partial charge in [-0.2, -0.15) is 4.98 Å². The Hall–Kier alpha value is -1.40. The highest BCUT2D eigenvalue weighted by molar-refractivity contribution is 6.28. The van der Waals surface area contributed by atoms with Crippen LogP contribution in [0, 0.1) is 0 Å². The molecule has 1 atom stereocenters. The minimum absolute atomic E-state index is 0.0749. The van der Waals surface area contributed by atoms with Crippen LogP contribution in [0.4, 0.5) is 11.5 Å². The van der Waals surface area contributed by atoms with Gasteiger partial charge in [0.25, 0.3) is 5.91 Å². The Bertz CT molecular complexity index is 555. The quantitative estimate of drug-likeness (QED) is 0.783. The molecule has 1 amide bonds. The summed E-state index contributed by atoms with van der Waals surface area (Å²) in [4.78, 5) is 22.8. The third-order valence-electron chi connectivity index (χ3n) is 3.92. The smallest absolute Gasteiger partial charge is 0.255 e. The van der Waals surface area contributed by atoms with Gasteiger partial charge in [0.2, 0.25) is 5.28 Å². The lowest BCUT2D eigenvalue weighted by Gasteiger charge is -2.40. The van der Waals surface area contributed by atoms with Crippen LogP contribution in [0.5, 0.6) is 0 Å². The van der Waals surface area contributed by atoms with Crippen molar-refractivity contribution in [1.82, 2.24) is 9.97 Å². The maximum atomic E-state index is 12.8. The van der Waals surface area contributed by atoms with Crippen molar-refractivity contribution in [2.75, 3.05) is 23.4 Å². The molecule has 3 aliphatic rings. The van der Waals surface area contributed by atoms with E-state index in [1.54, 1.807) is 6.20 Å². The number of halogens is 1. The number of amides is 1. The summed E-state index contributed by atoms with van der Waals surface area (Å²) < 4.78 is 5.42. The van der Waals surface area contributed by atoms with Crippen LogP contribution in [-0.2, 0) is 9.53 Å². The van der Waals surface area contributed by atoms with Gasteiger partial charge >= 0.3 is 0 Å². The molecule has 0 aromatic carbocycles. The number of hydrogen-bond donors (Lipinski definition) is 1. The van der Waals surface area contributed by atoms with Crippen molar-refractivity contribution in [3.63, 3.8) is 0 Å². The molecule has 100 valence electrons. The summed E-state index contributed by atoms with van der Waals surface area (Å²) in [5.74, 6) is 0.711. The average Bonchev–Trinajstić information content (AvgIpc) is 3.11. The number of hydrogen-bond acceptors (Lipinski definition) is 5. The Morgan fingerprint density at radius 1 is 1.53 bits per heavy atom. The number of nitrogens with zero attached hydrogens (tertiary/aromatic N) is 3. The van der Waals surface area contributed by atoms with Crippen LogP contribution in [0.2, 0.25) is 5.28 Å². The summed E-state index contributed by atoms with van der Waals surface area (Å²) in [5.41, 5.74) is 0.0576. The first kappa shape index (κ1) is 11.4. The molecule has 4 rings (SSSR count). The van der Waals surface area contributed by atoms with Gasteiger partial charge in [0, 0.05) is 19.1 Å². The van der Waals surface area contributed by atoms with Gasteiger partial charge in [-0.25, -0.2) is 4.98 Å². The van der Waals surface area contributed by atoms with Crippen LogP contribution in [0.3, 0.4) is 0 Å². The van der Waals surface area contributed by atoms with Gasteiger partial charge in [0.1, 0.15) is 11.2 Å². The molecule has 6 nitrogen and oxygen atoms in total. The molecule has 1 aromatic heterocycles. The highest BCUT2D eigenvalue weighted by Crippen LogP contribution is 2.43. The molecular weight excluding hydrogens is 268 g/mol. The molecule has 1 saturated heterocycles. The molecule has 1 spiro atoms. The zero-order valence-corrected chi connectivity index (χ0v) is 11.0.